The van der Waals surface area contributed by atoms with Crippen molar-refractivity contribution in [1.82, 2.24) is 24.9 Å². The predicted molar refractivity (Wildman–Crippen MR) is 113 cm³/mol. The highest BCUT2D eigenvalue weighted by atomic mass is 16.5. The van der Waals surface area contributed by atoms with Crippen LogP contribution in [-0.2, 0) is 4.74 Å². The third-order valence-corrected chi connectivity index (χ3v) is 4.97. The van der Waals surface area contributed by atoms with Gasteiger partial charge in [0.25, 0.3) is 0 Å². The fourth-order valence-electron chi connectivity index (χ4n) is 3.46. The van der Waals surface area contributed by atoms with Crippen LogP contribution in [0.4, 0.5) is 5.82 Å². The summed E-state index contributed by atoms with van der Waals surface area (Å²) in [5.41, 5.74) is 2.98. The van der Waals surface area contributed by atoms with E-state index in [1.807, 2.05) is 42.5 Å². The summed E-state index contributed by atoms with van der Waals surface area (Å²) in [4.78, 5) is 25.5. The quantitative estimate of drug-likeness (QED) is 0.517. The Bertz CT molecular complexity index is 1180. The van der Waals surface area contributed by atoms with Crippen molar-refractivity contribution in [2.24, 2.45) is 0 Å². The summed E-state index contributed by atoms with van der Waals surface area (Å²) in [6.07, 6.45) is 3.42. The molecule has 0 N–H and O–H groups in total. The number of nitrogens with zero attached hydrogens (tertiary/aromatic N) is 6. The molecular formula is C22H20N6O2. The van der Waals surface area contributed by atoms with Crippen LogP contribution in [0.15, 0.2) is 54.9 Å². The lowest BCUT2D eigenvalue weighted by atomic mass is 10.2. The van der Waals surface area contributed by atoms with E-state index in [2.05, 4.69) is 14.9 Å². The zero-order valence-electron chi connectivity index (χ0n) is 16.5. The molecule has 1 fully saturated rings. The zero-order chi connectivity index (χ0) is 20.3. The molecule has 30 heavy (non-hydrogen) atoms. The molecule has 1 aromatic carbocycles. The average molecular weight is 400 g/mol. The van der Waals surface area contributed by atoms with Gasteiger partial charge in [0.05, 0.1) is 32.0 Å². The monoisotopic (exact) mass is 400 g/mol. The van der Waals surface area contributed by atoms with Crippen molar-refractivity contribution in [2.45, 2.75) is 0 Å². The number of ether oxygens (including phenoxy) is 2. The lowest BCUT2D eigenvalue weighted by Gasteiger charge is -2.28. The number of aromatic nitrogens is 5. The highest BCUT2D eigenvalue weighted by Gasteiger charge is 2.21. The molecule has 0 saturated carbocycles. The molecule has 1 aliphatic heterocycles. The molecule has 150 valence electrons. The van der Waals surface area contributed by atoms with Crippen LogP contribution in [0.5, 0.6) is 5.75 Å². The largest absolute Gasteiger partial charge is 0.493 e. The molecule has 0 amide bonds. The molecule has 0 spiro atoms. The van der Waals surface area contributed by atoms with Crippen LogP contribution in [0.3, 0.4) is 0 Å². The van der Waals surface area contributed by atoms with Crippen LogP contribution in [-0.4, -0.2) is 58.3 Å². The van der Waals surface area contributed by atoms with Gasteiger partial charge in [0.2, 0.25) is 0 Å². The van der Waals surface area contributed by atoms with Gasteiger partial charge < -0.3 is 14.4 Å². The Morgan fingerprint density at radius 1 is 0.900 bits per heavy atom. The molecule has 3 aromatic heterocycles. The van der Waals surface area contributed by atoms with E-state index in [1.54, 1.807) is 19.5 Å². The summed E-state index contributed by atoms with van der Waals surface area (Å²) in [6.45, 7) is 2.81. The third-order valence-electron chi connectivity index (χ3n) is 4.97. The minimum atomic E-state index is 0.480. The van der Waals surface area contributed by atoms with Gasteiger partial charge in [-0.3, -0.25) is 4.98 Å². The number of benzene rings is 1. The first kappa shape index (κ1) is 18.4. The molecule has 0 radical (unpaired) electrons. The van der Waals surface area contributed by atoms with E-state index in [0.29, 0.717) is 36.3 Å². The summed E-state index contributed by atoms with van der Waals surface area (Å²) in [7, 11) is 1.59. The minimum Gasteiger partial charge on any atom is -0.493 e. The standard InChI is InChI=1S/C22H20N6O2/c1-29-17-14-24-20(15-6-3-2-4-7-15)26-19(17)21-25-16-8-5-9-23-18(16)22(27-21)28-10-12-30-13-11-28/h2-9,14H,10-13H2,1H3. The molecule has 0 atom stereocenters. The van der Waals surface area contributed by atoms with E-state index >= 15 is 0 Å². The second kappa shape index (κ2) is 8.00. The van der Waals surface area contributed by atoms with Gasteiger partial charge >= 0.3 is 0 Å². The van der Waals surface area contributed by atoms with E-state index < -0.39 is 0 Å². The molecule has 0 aliphatic carbocycles. The van der Waals surface area contributed by atoms with Gasteiger partial charge in [-0.25, -0.2) is 19.9 Å². The number of hydrogen-bond donors (Lipinski definition) is 0. The summed E-state index contributed by atoms with van der Waals surface area (Å²) in [6, 6.07) is 13.6. The normalized spacial score (nSPS) is 14.1. The van der Waals surface area contributed by atoms with Crippen LogP contribution >= 0.6 is 0 Å². The Labute approximate surface area is 173 Å². The number of methoxy groups -OCH3 is 1. The van der Waals surface area contributed by atoms with Gasteiger partial charge in [-0.1, -0.05) is 30.3 Å². The molecular weight excluding hydrogens is 380 g/mol. The van der Waals surface area contributed by atoms with Crippen molar-refractivity contribution < 1.29 is 9.47 Å². The van der Waals surface area contributed by atoms with Crippen molar-refractivity contribution in [1.29, 1.82) is 0 Å². The van der Waals surface area contributed by atoms with Crippen molar-refractivity contribution in [3.8, 4) is 28.7 Å². The molecule has 1 saturated heterocycles. The molecule has 0 bridgehead atoms. The molecule has 1 aliphatic rings. The fraction of sp³-hybridized carbons (Fsp3) is 0.227. The molecule has 4 heterocycles. The first-order chi connectivity index (χ1) is 14.8. The highest BCUT2D eigenvalue weighted by Crippen LogP contribution is 2.31. The summed E-state index contributed by atoms with van der Waals surface area (Å²) in [5, 5.41) is 0. The van der Waals surface area contributed by atoms with Gasteiger partial charge in [-0.2, -0.15) is 0 Å². The Morgan fingerprint density at radius 3 is 2.53 bits per heavy atom. The Morgan fingerprint density at radius 2 is 1.73 bits per heavy atom. The van der Waals surface area contributed by atoms with Crippen molar-refractivity contribution in [2.75, 3.05) is 38.3 Å². The fourth-order valence-corrected chi connectivity index (χ4v) is 3.46. The van der Waals surface area contributed by atoms with E-state index in [0.717, 1.165) is 35.5 Å². The van der Waals surface area contributed by atoms with Crippen LogP contribution in [0.1, 0.15) is 0 Å². The number of fused-ring (bicyclic) bond motifs is 1. The topological polar surface area (TPSA) is 86.2 Å². The third kappa shape index (κ3) is 3.42. The number of morpholine rings is 1. The SMILES string of the molecule is COc1cnc(-c2ccccc2)nc1-c1nc(N2CCOCC2)c2ncccc2n1. The highest BCUT2D eigenvalue weighted by molar-refractivity contribution is 5.87. The smallest absolute Gasteiger partial charge is 0.184 e. The number of hydrogen-bond acceptors (Lipinski definition) is 8. The van der Waals surface area contributed by atoms with E-state index in [9.17, 15) is 0 Å². The maximum Gasteiger partial charge on any atom is 0.184 e. The van der Waals surface area contributed by atoms with Gasteiger partial charge in [0, 0.05) is 24.8 Å². The van der Waals surface area contributed by atoms with Gasteiger partial charge in [0.1, 0.15) is 5.52 Å². The zero-order valence-corrected chi connectivity index (χ0v) is 16.5. The molecule has 4 aromatic rings. The lowest BCUT2D eigenvalue weighted by molar-refractivity contribution is 0.122. The van der Waals surface area contributed by atoms with Gasteiger partial charge in [-0.05, 0) is 12.1 Å². The molecule has 5 rings (SSSR count). The molecule has 8 nitrogen and oxygen atoms in total. The lowest BCUT2D eigenvalue weighted by Crippen LogP contribution is -2.37. The molecule has 0 unspecified atom stereocenters. The Balaban J connectivity index is 1.69. The van der Waals surface area contributed by atoms with Crippen LogP contribution in [0.2, 0.25) is 0 Å². The van der Waals surface area contributed by atoms with E-state index in [4.69, 9.17) is 24.4 Å². The van der Waals surface area contributed by atoms with Gasteiger partial charge in [-0.15, -0.1) is 0 Å². The maximum absolute atomic E-state index is 5.53. The van der Waals surface area contributed by atoms with Crippen molar-refractivity contribution in [3.05, 3.63) is 54.9 Å². The maximum atomic E-state index is 5.53. The number of rotatable bonds is 4. The molecule has 8 heteroatoms. The van der Waals surface area contributed by atoms with Crippen LogP contribution in [0.25, 0.3) is 33.9 Å². The Hall–Kier alpha value is -3.65. The summed E-state index contributed by atoms with van der Waals surface area (Å²) >= 11 is 0. The minimum absolute atomic E-state index is 0.480. The first-order valence-electron chi connectivity index (χ1n) is 9.76. The van der Waals surface area contributed by atoms with Crippen LogP contribution in [0, 0.1) is 0 Å². The average Bonchev–Trinajstić information content (AvgIpc) is 2.84. The summed E-state index contributed by atoms with van der Waals surface area (Å²) < 4.78 is 11.0. The van der Waals surface area contributed by atoms with Gasteiger partial charge in [0.15, 0.2) is 28.9 Å². The number of pyridine rings is 1. The number of anilines is 1. The predicted octanol–water partition coefficient (Wildman–Crippen LogP) is 2.99. The van der Waals surface area contributed by atoms with Crippen molar-refractivity contribution >= 4 is 16.9 Å². The summed E-state index contributed by atoms with van der Waals surface area (Å²) in [5.74, 6) is 2.37. The first-order valence-corrected chi connectivity index (χ1v) is 9.76. The van der Waals surface area contributed by atoms with E-state index in [1.165, 1.54) is 0 Å². The second-order valence-corrected chi connectivity index (χ2v) is 6.82. The Kier molecular flexibility index (Phi) is 4.90. The van der Waals surface area contributed by atoms with E-state index in [-0.39, 0.29) is 0 Å². The van der Waals surface area contributed by atoms with Crippen LogP contribution < -0.4 is 9.64 Å². The second-order valence-electron chi connectivity index (χ2n) is 6.82. The van der Waals surface area contributed by atoms with Crippen molar-refractivity contribution in [3.63, 3.8) is 0 Å².